The number of aliphatic hydroxyl groups is 2. The molecular formula is C41H65NO8. The van der Waals surface area contributed by atoms with Crippen LogP contribution in [0, 0.1) is 56.7 Å². The molecule has 2 aliphatic heterocycles. The second-order valence-electron chi connectivity index (χ2n) is 20.2. The molecule has 0 aromatic rings. The van der Waals surface area contributed by atoms with E-state index in [-0.39, 0.29) is 63.3 Å². The summed E-state index contributed by atoms with van der Waals surface area (Å²) in [5, 5.41) is 23.6. The Bertz CT molecular complexity index is 1370. The summed E-state index contributed by atoms with van der Waals surface area (Å²) in [4.78, 5) is 27.0. The molecule has 4 unspecified atom stereocenters. The molecule has 9 nitrogen and oxygen atoms in total. The van der Waals surface area contributed by atoms with E-state index in [1.54, 1.807) is 13.8 Å². The van der Waals surface area contributed by atoms with Crippen molar-refractivity contribution in [1.82, 2.24) is 4.90 Å². The number of hydrogen-bond donors (Lipinski definition) is 2. The van der Waals surface area contributed by atoms with E-state index >= 15 is 0 Å². The van der Waals surface area contributed by atoms with Gasteiger partial charge >= 0.3 is 5.97 Å². The number of rotatable bonds is 7. The zero-order chi connectivity index (χ0) is 35.8. The molecule has 2 heterocycles. The number of carbonyl (C=O) groups is 2. The lowest BCUT2D eigenvalue weighted by Crippen LogP contribution is -2.60. The summed E-state index contributed by atoms with van der Waals surface area (Å²) in [6, 6.07) is 0. The molecular weight excluding hydrogens is 634 g/mol. The summed E-state index contributed by atoms with van der Waals surface area (Å²) in [7, 11) is 0. The summed E-state index contributed by atoms with van der Waals surface area (Å²) in [5.74, 6) is 1.84. The van der Waals surface area contributed by atoms with Gasteiger partial charge in [-0.3, -0.25) is 9.59 Å². The van der Waals surface area contributed by atoms with Crippen LogP contribution in [-0.2, 0) is 28.5 Å². The first-order chi connectivity index (χ1) is 23.4. The van der Waals surface area contributed by atoms with Crippen LogP contribution in [0.2, 0.25) is 0 Å². The molecule has 1 amide bonds. The van der Waals surface area contributed by atoms with Crippen LogP contribution in [0.3, 0.4) is 0 Å². The fourth-order valence-electron chi connectivity index (χ4n) is 14.4. The molecule has 14 atom stereocenters. The van der Waals surface area contributed by atoms with Gasteiger partial charge in [-0.05, 0) is 129 Å². The van der Waals surface area contributed by atoms with Crippen molar-refractivity contribution < 1.29 is 38.7 Å². The van der Waals surface area contributed by atoms with Crippen molar-refractivity contribution in [3.8, 4) is 0 Å². The maximum atomic E-state index is 12.9. The highest BCUT2D eigenvalue weighted by Gasteiger charge is 2.84. The molecule has 8 aliphatic rings. The lowest BCUT2D eigenvalue weighted by molar-refractivity contribution is -0.248. The van der Waals surface area contributed by atoms with Crippen LogP contribution >= 0.6 is 0 Å². The average molecular weight is 700 g/mol. The Hall–Kier alpha value is -1.26. The summed E-state index contributed by atoms with van der Waals surface area (Å²) >= 11 is 0. The largest absolute Gasteiger partial charge is 0.457 e. The Balaban J connectivity index is 1.01. The van der Waals surface area contributed by atoms with Crippen molar-refractivity contribution in [1.29, 1.82) is 0 Å². The van der Waals surface area contributed by atoms with Crippen LogP contribution in [-0.4, -0.2) is 89.1 Å². The van der Waals surface area contributed by atoms with E-state index in [1.165, 1.54) is 32.6 Å². The highest BCUT2D eigenvalue weighted by molar-refractivity contribution is 5.76. The number of amides is 1. The van der Waals surface area contributed by atoms with Crippen molar-refractivity contribution in [2.24, 2.45) is 56.7 Å². The van der Waals surface area contributed by atoms with E-state index < -0.39 is 29.9 Å². The molecule has 2 N–H and O–H groups in total. The first kappa shape index (κ1) is 35.8. The fourth-order valence-corrected chi connectivity index (χ4v) is 14.4. The Morgan fingerprint density at radius 3 is 2.38 bits per heavy atom. The Morgan fingerprint density at radius 1 is 1.00 bits per heavy atom. The van der Waals surface area contributed by atoms with Crippen molar-refractivity contribution in [3.63, 3.8) is 0 Å². The number of morpholine rings is 1. The first-order valence-corrected chi connectivity index (χ1v) is 20.2. The molecule has 8 rings (SSSR count). The third kappa shape index (κ3) is 5.01. The first-order valence-electron chi connectivity index (χ1n) is 20.2. The highest BCUT2D eigenvalue weighted by atomic mass is 16.7. The normalized spacial score (nSPS) is 49.8. The van der Waals surface area contributed by atoms with Crippen LogP contribution in [0.5, 0.6) is 0 Å². The van der Waals surface area contributed by atoms with Crippen LogP contribution in [0.25, 0.3) is 0 Å². The molecule has 9 heteroatoms. The minimum atomic E-state index is -1.26. The van der Waals surface area contributed by atoms with Crippen molar-refractivity contribution in [2.45, 2.75) is 168 Å². The zero-order valence-corrected chi connectivity index (χ0v) is 32.0. The van der Waals surface area contributed by atoms with Gasteiger partial charge in [0.05, 0.1) is 43.2 Å². The van der Waals surface area contributed by atoms with Crippen molar-refractivity contribution in [2.75, 3.05) is 19.7 Å². The SMILES string of the molecule is CC(=O)O[C@@H](C1C[C@@H](C)[C@H]2C(O1)[C@H](O)[C@@]1(C)C3CC[C@H]4C(C)(C)C(O[C@H]5CN(C(=O)CC6CC6)CCO5)CC[C@@]45C[C@@]35CC[C@]21C)C(C)(C)O. The van der Waals surface area contributed by atoms with Gasteiger partial charge in [0.15, 0.2) is 12.4 Å². The van der Waals surface area contributed by atoms with Gasteiger partial charge in [0.25, 0.3) is 0 Å². The molecule has 0 aromatic carbocycles. The molecule has 0 bridgehead atoms. The van der Waals surface area contributed by atoms with Gasteiger partial charge in [0, 0.05) is 25.3 Å². The standard InChI is InChI=1S/C41H65NO8/c1-23-19-26(35(37(5,6)46)48-24(2)43)49-33-32(23)38(7)15-16-41-22-40(41)14-13-29(36(3,4)27(40)11-12-28(41)39(38,8)34(33)45)50-31-21-42(17-18-47-31)30(44)20-25-9-10-25/h23,25-29,31-35,45-46H,9-22H2,1-8H3/t23-,26?,27+,28?,29?,31+,32+,33?,34+,35+,38-,39-,40-,41+/m1/s1. The summed E-state index contributed by atoms with van der Waals surface area (Å²) < 4.78 is 25.5. The molecule has 2 saturated heterocycles. The monoisotopic (exact) mass is 699 g/mol. The molecule has 8 fully saturated rings. The second kappa shape index (κ2) is 11.6. The van der Waals surface area contributed by atoms with Gasteiger partial charge < -0.3 is 34.1 Å². The third-order valence-electron chi connectivity index (χ3n) is 17.0. The van der Waals surface area contributed by atoms with Gasteiger partial charge in [-0.15, -0.1) is 0 Å². The maximum absolute atomic E-state index is 12.9. The van der Waals surface area contributed by atoms with E-state index in [1.807, 2.05) is 4.90 Å². The molecule has 282 valence electrons. The maximum Gasteiger partial charge on any atom is 0.303 e. The topological polar surface area (TPSA) is 115 Å². The number of aliphatic hydroxyl groups excluding tert-OH is 1. The van der Waals surface area contributed by atoms with Crippen LogP contribution in [0.1, 0.15) is 126 Å². The van der Waals surface area contributed by atoms with Crippen LogP contribution in [0.4, 0.5) is 0 Å². The van der Waals surface area contributed by atoms with Gasteiger partial charge in [-0.1, -0.05) is 34.6 Å². The molecule has 0 radical (unpaired) electrons. The van der Waals surface area contributed by atoms with E-state index in [0.29, 0.717) is 50.3 Å². The second-order valence-corrected chi connectivity index (χ2v) is 20.2. The van der Waals surface area contributed by atoms with Crippen molar-refractivity contribution >= 4 is 11.9 Å². The Labute approximate surface area is 299 Å². The molecule has 0 aromatic heterocycles. The van der Waals surface area contributed by atoms with Crippen molar-refractivity contribution in [3.05, 3.63) is 0 Å². The lowest BCUT2D eigenvalue weighted by atomic mass is 9.41. The van der Waals surface area contributed by atoms with E-state index in [2.05, 4.69) is 34.6 Å². The molecule has 2 spiro atoms. The number of hydrogen-bond acceptors (Lipinski definition) is 8. The number of esters is 1. The zero-order valence-electron chi connectivity index (χ0n) is 32.0. The van der Waals surface area contributed by atoms with E-state index in [4.69, 9.17) is 18.9 Å². The lowest BCUT2D eigenvalue weighted by Gasteiger charge is -2.64. The predicted octanol–water partition coefficient (Wildman–Crippen LogP) is 5.87. The number of nitrogens with zero attached hydrogens (tertiary/aromatic N) is 1. The minimum absolute atomic E-state index is 0.0199. The quantitative estimate of drug-likeness (QED) is 0.317. The predicted molar refractivity (Wildman–Crippen MR) is 186 cm³/mol. The Morgan fingerprint density at radius 2 is 1.70 bits per heavy atom. The number of ether oxygens (including phenoxy) is 4. The van der Waals surface area contributed by atoms with E-state index in [9.17, 15) is 19.8 Å². The summed E-state index contributed by atoms with van der Waals surface area (Å²) in [5.41, 5.74) is -1.16. The van der Waals surface area contributed by atoms with Gasteiger partial charge in [0.1, 0.15) is 0 Å². The smallest absolute Gasteiger partial charge is 0.303 e. The fraction of sp³-hybridized carbons (Fsp3) is 0.951. The van der Waals surface area contributed by atoms with Gasteiger partial charge in [-0.2, -0.15) is 0 Å². The summed E-state index contributed by atoms with van der Waals surface area (Å²) in [6.45, 7) is 18.5. The van der Waals surface area contributed by atoms with E-state index in [0.717, 1.165) is 32.1 Å². The molecule has 50 heavy (non-hydrogen) atoms. The highest BCUT2D eigenvalue weighted by Crippen LogP contribution is 2.89. The minimum Gasteiger partial charge on any atom is -0.457 e. The number of fused-ring (bicyclic) bond motifs is 4. The number of carbonyl (C=O) groups excluding carboxylic acids is 2. The van der Waals surface area contributed by atoms with Gasteiger partial charge in [-0.25, -0.2) is 0 Å². The molecule has 6 aliphatic carbocycles. The Kier molecular flexibility index (Phi) is 8.31. The third-order valence-corrected chi connectivity index (χ3v) is 17.0. The van der Waals surface area contributed by atoms with Gasteiger partial charge in [0.2, 0.25) is 5.91 Å². The van der Waals surface area contributed by atoms with Crippen LogP contribution in [0.15, 0.2) is 0 Å². The van der Waals surface area contributed by atoms with Crippen LogP contribution < -0.4 is 0 Å². The summed E-state index contributed by atoms with van der Waals surface area (Å²) in [6.07, 6.45) is 9.16. The average Bonchev–Trinajstić information content (AvgIpc) is 3.96. The molecule has 6 saturated carbocycles.